The number of amides is 2. The van der Waals surface area contributed by atoms with Crippen LogP contribution < -0.4 is 10.5 Å². The Morgan fingerprint density at radius 1 is 1.00 bits per heavy atom. The van der Waals surface area contributed by atoms with E-state index >= 15 is 0 Å². The highest BCUT2D eigenvalue weighted by Crippen LogP contribution is 2.27. The van der Waals surface area contributed by atoms with Gasteiger partial charge in [-0.3, -0.25) is 14.5 Å². The Hall–Kier alpha value is -2.80. The lowest BCUT2D eigenvalue weighted by molar-refractivity contribution is -0.121. The van der Waals surface area contributed by atoms with Crippen molar-refractivity contribution in [1.82, 2.24) is 4.98 Å². The Morgan fingerprint density at radius 2 is 1.76 bits per heavy atom. The summed E-state index contributed by atoms with van der Waals surface area (Å²) >= 11 is 3.31. The third-order valence-corrected chi connectivity index (χ3v) is 4.49. The van der Waals surface area contributed by atoms with E-state index in [1.54, 1.807) is 42.5 Å². The Kier molecular flexibility index (Phi) is 3.73. The molecular formula is C18H11BrN2O4. The van der Waals surface area contributed by atoms with Crippen LogP contribution in [0.25, 0.3) is 22.4 Å². The van der Waals surface area contributed by atoms with Crippen LogP contribution in [0.1, 0.15) is 12.8 Å². The maximum atomic E-state index is 12.2. The monoisotopic (exact) mass is 398 g/mol. The fourth-order valence-electron chi connectivity index (χ4n) is 2.81. The van der Waals surface area contributed by atoms with Crippen molar-refractivity contribution in [2.45, 2.75) is 12.8 Å². The predicted molar refractivity (Wildman–Crippen MR) is 95.1 cm³/mol. The van der Waals surface area contributed by atoms with Crippen molar-refractivity contribution >= 4 is 44.3 Å². The van der Waals surface area contributed by atoms with E-state index in [-0.39, 0.29) is 30.5 Å². The summed E-state index contributed by atoms with van der Waals surface area (Å²) in [5, 5.41) is 0.374. The van der Waals surface area contributed by atoms with Gasteiger partial charge < -0.3 is 4.42 Å². The Labute approximate surface area is 150 Å². The van der Waals surface area contributed by atoms with Crippen LogP contribution >= 0.6 is 15.9 Å². The van der Waals surface area contributed by atoms with E-state index in [0.29, 0.717) is 22.2 Å². The van der Waals surface area contributed by atoms with Crippen molar-refractivity contribution in [1.29, 1.82) is 0 Å². The number of fused-ring (bicyclic) bond motifs is 1. The number of halogens is 1. The first-order valence-corrected chi connectivity index (χ1v) is 8.39. The lowest BCUT2D eigenvalue weighted by Gasteiger charge is -2.14. The minimum absolute atomic E-state index is 0.140. The van der Waals surface area contributed by atoms with Gasteiger partial charge in [-0.15, -0.1) is 0 Å². The second kappa shape index (κ2) is 5.93. The molecule has 0 atom stereocenters. The summed E-state index contributed by atoms with van der Waals surface area (Å²) in [6, 6.07) is 11.9. The number of hydrogen-bond acceptors (Lipinski definition) is 5. The fourth-order valence-corrected chi connectivity index (χ4v) is 3.17. The molecule has 1 fully saturated rings. The fraction of sp³-hybridized carbons (Fsp3) is 0.111. The van der Waals surface area contributed by atoms with Crippen molar-refractivity contribution in [2.24, 2.45) is 0 Å². The zero-order valence-electron chi connectivity index (χ0n) is 12.9. The van der Waals surface area contributed by atoms with Crippen LogP contribution in [0.5, 0.6) is 0 Å². The molecule has 6 nitrogen and oxygen atoms in total. The molecule has 1 aliphatic rings. The molecule has 0 spiro atoms. The van der Waals surface area contributed by atoms with E-state index in [9.17, 15) is 14.4 Å². The third kappa shape index (κ3) is 2.76. The van der Waals surface area contributed by atoms with Gasteiger partial charge in [0.05, 0.1) is 16.6 Å². The average Bonchev–Trinajstić information content (AvgIpc) is 2.94. The molecule has 0 radical (unpaired) electrons. The molecule has 25 heavy (non-hydrogen) atoms. The second-order valence-electron chi connectivity index (χ2n) is 5.64. The molecule has 2 heterocycles. The van der Waals surface area contributed by atoms with E-state index in [2.05, 4.69) is 20.9 Å². The van der Waals surface area contributed by atoms with Gasteiger partial charge >= 0.3 is 5.63 Å². The van der Waals surface area contributed by atoms with Crippen molar-refractivity contribution in [2.75, 3.05) is 4.90 Å². The SMILES string of the molecule is O=C1CCC(=O)N1c1cccc(-c2nc3ccc(Br)cc3c(=O)o2)c1. The van der Waals surface area contributed by atoms with Crippen LogP contribution in [-0.2, 0) is 9.59 Å². The van der Waals surface area contributed by atoms with Crippen LogP contribution in [0, 0.1) is 0 Å². The average molecular weight is 399 g/mol. The summed E-state index contributed by atoms with van der Waals surface area (Å²) in [6.45, 7) is 0. The smallest absolute Gasteiger partial charge is 0.347 e. The van der Waals surface area contributed by atoms with E-state index in [1.807, 2.05) is 0 Å². The highest BCUT2D eigenvalue weighted by Gasteiger charge is 2.30. The van der Waals surface area contributed by atoms with Gasteiger partial charge in [0.15, 0.2) is 0 Å². The molecular weight excluding hydrogens is 388 g/mol. The van der Waals surface area contributed by atoms with Crippen LogP contribution in [-0.4, -0.2) is 16.8 Å². The largest absolute Gasteiger partial charge is 0.403 e. The van der Waals surface area contributed by atoms with Crippen LogP contribution in [0.4, 0.5) is 5.69 Å². The number of hydrogen-bond donors (Lipinski definition) is 0. The highest BCUT2D eigenvalue weighted by atomic mass is 79.9. The Morgan fingerprint density at radius 3 is 2.52 bits per heavy atom. The molecule has 3 aromatic rings. The predicted octanol–water partition coefficient (Wildman–Crippen LogP) is 3.27. The summed E-state index contributed by atoms with van der Waals surface area (Å²) in [5.74, 6) is -0.333. The Balaban J connectivity index is 1.83. The van der Waals surface area contributed by atoms with Gasteiger partial charge in [-0.25, -0.2) is 9.78 Å². The van der Waals surface area contributed by atoms with E-state index in [4.69, 9.17) is 4.42 Å². The number of rotatable bonds is 2. The maximum Gasteiger partial charge on any atom is 0.347 e. The zero-order chi connectivity index (χ0) is 17.6. The number of benzene rings is 2. The summed E-state index contributed by atoms with van der Waals surface area (Å²) in [4.78, 5) is 41.6. The first-order chi connectivity index (χ1) is 12.0. The van der Waals surface area contributed by atoms with Crippen LogP contribution in [0.2, 0.25) is 0 Å². The summed E-state index contributed by atoms with van der Waals surface area (Å²) in [5.41, 5.74) is 0.977. The Bertz CT molecular complexity index is 1070. The number of nitrogens with zero attached hydrogens (tertiary/aromatic N) is 2. The van der Waals surface area contributed by atoms with Crippen molar-refractivity contribution in [3.63, 3.8) is 0 Å². The number of carbonyl (C=O) groups is 2. The standard InChI is InChI=1S/C18H11BrN2O4/c19-11-4-5-14-13(9-11)18(24)25-17(20-14)10-2-1-3-12(8-10)21-15(22)6-7-16(21)23/h1-5,8-9H,6-7H2. The molecule has 1 aromatic heterocycles. The number of aromatic nitrogens is 1. The van der Waals surface area contributed by atoms with Gasteiger partial charge in [0.1, 0.15) is 0 Å². The van der Waals surface area contributed by atoms with E-state index in [1.165, 1.54) is 0 Å². The van der Waals surface area contributed by atoms with Gasteiger partial charge in [-0.1, -0.05) is 22.0 Å². The third-order valence-electron chi connectivity index (χ3n) is 3.99. The molecule has 2 amide bonds. The normalized spacial score (nSPS) is 14.5. The molecule has 124 valence electrons. The summed E-state index contributed by atoms with van der Waals surface area (Å²) < 4.78 is 6.09. The molecule has 0 unspecified atom stereocenters. The van der Waals surface area contributed by atoms with Crippen molar-refractivity contribution in [3.05, 3.63) is 57.4 Å². The lowest BCUT2D eigenvalue weighted by Crippen LogP contribution is -2.28. The molecule has 1 saturated heterocycles. The topological polar surface area (TPSA) is 80.5 Å². The molecule has 1 aliphatic heterocycles. The van der Waals surface area contributed by atoms with E-state index < -0.39 is 5.63 Å². The van der Waals surface area contributed by atoms with Gasteiger partial charge in [-0.05, 0) is 36.4 Å². The van der Waals surface area contributed by atoms with E-state index in [0.717, 1.165) is 9.37 Å². The summed E-state index contributed by atoms with van der Waals surface area (Å²) in [7, 11) is 0. The first kappa shape index (κ1) is 15.7. The van der Waals surface area contributed by atoms with Crippen molar-refractivity contribution in [3.8, 4) is 11.5 Å². The van der Waals surface area contributed by atoms with Gasteiger partial charge in [0.2, 0.25) is 17.7 Å². The molecule has 0 aliphatic carbocycles. The molecule has 2 aromatic carbocycles. The molecule has 0 saturated carbocycles. The first-order valence-electron chi connectivity index (χ1n) is 7.59. The minimum Gasteiger partial charge on any atom is -0.403 e. The lowest BCUT2D eigenvalue weighted by atomic mass is 10.1. The zero-order valence-corrected chi connectivity index (χ0v) is 14.4. The number of carbonyl (C=O) groups excluding carboxylic acids is 2. The number of imide groups is 1. The van der Waals surface area contributed by atoms with Gasteiger partial charge in [-0.2, -0.15) is 0 Å². The number of anilines is 1. The van der Waals surface area contributed by atoms with Crippen LogP contribution in [0.3, 0.4) is 0 Å². The molecule has 0 N–H and O–H groups in total. The molecule has 7 heteroatoms. The van der Waals surface area contributed by atoms with Crippen molar-refractivity contribution < 1.29 is 14.0 Å². The summed E-state index contributed by atoms with van der Waals surface area (Å²) in [6.07, 6.45) is 0.419. The highest BCUT2D eigenvalue weighted by molar-refractivity contribution is 9.10. The quantitative estimate of drug-likeness (QED) is 0.618. The molecule has 0 bridgehead atoms. The van der Waals surface area contributed by atoms with Gasteiger partial charge in [0.25, 0.3) is 0 Å². The maximum absolute atomic E-state index is 12.2. The minimum atomic E-state index is -0.500. The van der Waals surface area contributed by atoms with Crippen LogP contribution in [0.15, 0.2) is 56.1 Å². The molecule has 4 rings (SSSR count). The second-order valence-corrected chi connectivity index (χ2v) is 6.56. The van der Waals surface area contributed by atoms with Gasteiger partial charge in [0, 0.05) is 22.9 Å².